The molecule has 2 heteroatoms. The van der Waals surface area contributed by atoms with E-state index >= 15 is 0 Å². The molecule has 0 aliphatic rings. The molecule has 0 unspecified atom stereocenters. The topological polar surface area (TPSA) is 9.23 Å². The molecule has 0 aromatic carbocycles. The Hall–Kier alpha value is 0.177. The van der Waals surface area contributed by atoms with E-state index in [0.29, 0.717) is 0 Å². The Labute approximate surface area is 104 Å². The summed E-state index contributed by atoms with van der Waals surface area (Å²) in [5.41, 5.74) is 0. The van der Waals surface area contributed by atoms with E-state index in [1.807, 2.05) is 7.11 Å². The van der Waals surface area contributed by atoms with E-state index < -0.39 is 8.07 Å². The minimum absolute atomic E-state index is 0.819. The lowest BCUT2D eigenvalue weighted by molar-refractivity contribution is 0.242. The lowest BCUT2D eigenvalue weighted by Gasteiger charge is -2.35. The van der Waals surface area contributed by atoms with Crippen molar-refractivity contribution in [2.24, 2.45) is 17.8 Å². The highest BCUT2D eigenvalue weighted by molar-refractivity contribution is 6.80. The molecule has 0 spiro atoms. The molecular weight excluding hydrogens is 212 g/mol. The molecule has 0 rings (SSSR count). The number of ether oxygens (including phenoxy) is 1. The third-order valence-electron chi connectivity index (χ3n) is 2.97. The quantitative estimate of drug-likeness (QED) is 0.568. The lowest BCUT2D eigenvalue weighted by atomic mass is 10.2. The van der Waals surface area contributed by atoms with E-state index in [4.69, 9.17) is 4.74 Å². The molecule has 0 aliphatic heterocycles. The van der Waals surface area contributed by atoms with Gasteiger partial charge in [0.2, 0.25) is 0 Å². The second kappa shape index (κ2) is 7.49. The molecule has 0 atom stereocenters. The highest BCUT2D eigenvalue weighted by Crippen LogP contribution is 2.32. The van der Waals surface area contributed by atoms with Crippen molar-refractivity contribution in [3.8, 4) is 0 Å². The normalized spacial score (nSPS) is 13.1. The van der Waals surface area contributed by atoms with Gasteiger partial charge >= 0.3 is 0 Å². The van der Waals surface area contributed by atoms with Crippen LogP contribution in [0.15, 0.2) is 0 Å². The third kappa shape index (κ3) is 6.69. The second-order valence-corrected chi connectivity index (χ2v) is 11.2. The van der Waals surface area contributed by atoms with Gasteiger partial charge in [-0.25, -0.2) is 0 Å². The van der Waals surface area contributed by atoms with Gasteiger partial charge in [-0.15, -0.1) is 0 Å². The van der Waals surface area contributed by atoms with Gasteiger partial charge < -0.3 is 4.74 Å². The van der Waals surface area contributed by atoms with Crippen LogP contribution in [0.5, 0.6) is 0 Å². The first-order valence-corrected chi connectivity index (χ1v) is 9.63. The maximum absolute atomic E-state index is 5.57. The van der Waals surface area contributed by atoms with Gasteiger partial charge in [-0.2, -0.15) is 0 Å². The standard InChI is InChI=1S/C14H32OSi/c1-12(2)8-16(11-15-7,9-13(3)4)10-14(5)6/h12-14H,8-11H2,1-7H3. The summed E-state index contributed by atoms with van der Waals surface area (Å²) in [6.45, 7) is 14.2. The van der Waals surface area contributed by atoms with Crippen molar-refractivity contribution in [3.05, 3.63) is 0 Å². The summed E-state index contributed by atoms with van der Waals surface area (Å²) in [7, 11) is 0.671. The van der Waals surface area contributed by atoms with Crippen LogP contribution in [0.1, 0.15) is 41.5 Å². The van der Waals surface area contributed by atoms with Crippen LogP contribution in [0.2, 0.25) is 18.1 Å². The Kier molecular flexibility index (Phi) is 7.58. The number of hydrogen-bond acceptors (Lipinski definition) is 1. The summed E-state index contributed by atoms with van der Waals surface area (Å²) >= 11 is 0. The molecule has 1 nitrogen and oxygen atoms in total. The van der Waals surface area contributed by atoms with Crippen LogP contribution < -0.4 is 0 Å². The predicted molar refractivity (Wildman–Crippen MR) is 76.6 cm³/mol. The van der Waals surface area contributed by atoms with Crippen LogP contribution in [0.3, 0.4) is 0 Å². The van der Waals surface area contributed by atoms with Crippen molar-refractivity contribution >= 4 is 8.07 Å². The number of rotatable bonds is 8. The van der Waals surface area contributed by atoms with E-state index in [9.17, 15) is 0 Å². The number of methoxy groups -OCH3 is 1. The molecule has 0 heterocycles. The van der Waals surface area contributed by atoms with Crippen LogP contribution in [0, 0.1) is 17.8 Å². The van der Waals surface area contributed by atoms with Crippen LogP contribution >= 0.6 is 0 Å². The first-order chi connectivity index (χ1) is 7.31. The first kappa shape index (κ1) is 16.2. The Bertz CT molecular complexity index is 149. The van der Waals surface area contributed by atoms with Crippen LogP contribution in [0.25, 0.3) is 0 Å². The molecule has 0 amide bonds. The molecule has 0 saturated heterocycles. The summed E-state index contributed by atoms with van der Waals surface area (Å²) in [5, 5.41) is 0. The summed E-state index contributed by atoms with van der Waals surface area (Å²) in [6.07, 6.45) is 1.06. The average molecular weight is 244 g/mol. The van der Waals surface area contributed by atoms with E-state index in [1.165, 1.54) is 18.1 Å². The zero-order chi connectivity index (χ0) is 12.8. The molecule has 0 aromatic heterocycles. The fourth-order valence-electron chi connectivity index (χ4n) is 3.33. The smallest absolute Gasteiger partial charge is 0.0844 e. The molecule has 98 valence electrons. The van der Waals surface area contributed by atoms with Crippen LogP contribution in [-0.4, -0.2) is 21.4 Å². The maximum atomic E-state index is 5.57. The molecule has 0 fully saturated rings. The molecule has 0 saturated carbocycles. The summed E-state index contributed by atoms with van der Waals surface area (Å²) in [4.78, 5) is 0. The molecule has 0 aliphatic carbocycles. The van der Waals surface area contributed by atoms with Gasteiger partial charge in [0.25, 0.3) is 0 Å². The molecular formula is C14H32OSi. The van der Waals surface area contributed by atoms with Crippen molar-refractivity contribution in [1.82, 2.24) is 0 Å². The Morgan fingerprint density at radius 2 is 1.06 bits per heavy atom. The van der Waals surface area contributed by atoms with E-state index in [-0.39, 0.29) is 0 Å². The first-order valence-electron chi connectivity index (χ1n) is 6.80. The SMILES string of the molecule is COC[Si](CC(C)C)(CC(C)C)CC(C)C. The van der Waals surface area contributed by atoms with Crippen molar-refractivity contribution in [1.29, 1.82) is 0 Å². The molecule has 0 N–H and O–H groups in total. The molecule has 0 radical (unpaired) electrons. The summed E-state index contributed by atoms with van der Waals surface area (Å²) in [5.74, 6) is 2.46. The van der Waals surface area contributed by atoms with E-state index in [2.05, 4.69) is 41.5 Å². The van der Waals surface area contributed by atoms with Crippen molar-refractivity contribution in [2.75, 3.05) is 13.3 Å². The Balaban J connectivity index is 4.72. The van der Waals surface area contributed by atoms with Crippen molar-refractivity contribution < 1.29 is 4.74 Å². The molecule has 0 bridgehead atoms. The van der Waals surface area contributed by atoms with E-state index in [0.717, 1.165) is 24.0 Å². The van der Waals surface area contributed by atoms with Gasteiger partial charge in [0.05, 0.1) is 8.07 Å². The van der Waals surface area contributed by atoms with E-state index in [1.54, 1.807) is 0 Å². The van der Waals surface area contributed by atoms with Gasteiger partial charge in [0.15, 0.2) is 0 Å². The fourth-order valence-corrected chi connectivity index (χ4v) is 9.99. The minimum Gasteiger partial charge on any atom is -0.388 e. The van der Waals surface area contributed by atoms with Gasteiger partial charge in [-0.05, 0) is 17.8 Å². The molecule has 16 heavy (non-hydrogen) atoms. The van der Waals surface area contributed by atoms with Gasteiger partial charge in [-0.1, -0.05) is 59.7 Å². The minimum atomic E-state index is -1.21. The van der Waals surface area contributed by atoms with Crippen molar-refractivity contribution in [2.45, 2.75) is 59.7 Å². The second-order valence-electron chi connectivity index (χ2n) is 6.73. The highest BCUT2D eigenvalue weighted by Gasteiger charge is 2.35. The lowest BCUT2D eigenvalue weighted by Crippen LogP contribution is -2.43. The summed E-state index contributed by atoms with van der Waals surface area (Å²) < 4.78 is 5.57. The van der Waals surface area contributed by atoms with Gasteiger partial charge in [0.1, 0.15) is 0 Å². The monoisotopic (exact) mass is 244 g/mol. The Morgan fingerprint density at radius 1 is 0.750 bits per heavy atom. The average Bonchev–Trinajstić information content (AvgIpc) is 1.98. The largest absolute Gasteiger partial charge is 0.388 e. The summed E-state index contributed by atoms with van der Waals surface area (Å²) in [6, 6.07) is 4.28. The van der Waals surface area contributed by atoms with Gasteiger partial charge in [0, 0.05) is 13.3 Å². The van der Waals surface area contributed by atoms with Crippen molar-refractivity contribution in [3.63, 3.8) is 0 Å². The zero-order valence-corrected chi connectivity index (χ0v) is 13.5. The third-order valence-corrected chi connectivity index (χ3v) is 8.92. The van der Waals surface area contributed by atoms with Crippen LogP contribution in [-0.2, 0) is 4.74 Å². The number of hydrogen-bond donors (Lipinski definition) is 0. The molecule has 0 aromatic rings. The predicted octanol–water partition coefficient (Wildman–Crippen LogP) is 4.59. The fraction of sp³-hybridized carbons (Fsp3) is 1.00. The van der Waals surface area contributed by atoms with Gasteiger partial charge in [-0.3, -0.25) is 0 Å². The van der Waals surface area contributed by atoms with Crippen LogP contribution in [0.4, 0.5) is 0 Å². The zero-order valence-electron chi connectivity index (χ0n) is 12.5. The maximum Gasteiger partial charge on any atom is 0.0844 e. The Morgan fingerprint density at radius 3 is 1.25 bits per heavy atom. The highest BCUT2D eigenvalue weighted by atomic mass is 28.3.